The van der Waals surface area contributed by atoms with Crippen molar-refractivity contribution in [3.8, 4) is 11.1 Å². The van der Waals surface area contributed by atoms with Gasteiger partial charge in [-0.1, -0.05) is 54.6 Å². The third kappa shape index (κ3) is 6.59. The number of carboxylic acid groups (broad SMARTS) is 1. The van der Waals surface area contributed by atoms with Crippen LogP contribution in [-0.4, -0.2) is 34.9 Å². The largest absolute Gasteiger partial charge is 0.480 e. The maximum Gasteiger partial charge on any atom is 0.408 e. The summed E-state index contributed by atoms with van der Waals surface area (Å²) < 4.78 is 11.2. The molecule has 2 unspecified atom stereocenters. The van der Waals surface area contributed by atoms with Crippen molar-refractivity contribution in [3.05, 3.63) is 60.2 Å². The molecule has 2 aromatic carbocycles. The molecule has 162 valence electrons. The summed E-state index contributed by atoms with van der Waals surface area (Å²) in [5.74, 6) is -1.19. The SMILES string of the molecule is CC(OC(C)(C)C)C(NC(=O)OC(C)(C)c1ccc(-c2ccccc2)cc1)C(=O)O. The van der Waals surface area contributed by atoms with Crippen LogP contribution in [0, 0.1) is 0 Å². The number of aliphatic carboxylic acids is 1. The van der Waals surface area contributed by atoms with Crippen LogP contribution in [0.5, 0.6) is 0 Å². The molecular formula is C24H31NO5. The number of hydrogen-bond donors (Lipinski definition) is 2. The van der Waals surface area contributed by atoms with Gasteiger partial charge in [0.25, 0.3) is 0 Å². The molecule has 2 N–H and O–H groups in total. The highest BCUT2D eigenvalue weighted by Gasteiger charge is 2.33. The first kappa shape index (κ1) is 23.4. The highest BCUT2D eigenvalue weighted by atomic mass is 16.6. The van der Waals surface area contributed by atoms with Gasteiger partial charge in [0.1, 0.15) is 5.60 Å². The van der Waals surface area contributed by atoms with Gasteiger partial charge in [0.15, 0.2) is 6.04 Å². The zero-order chi connectivity index (χ0) is 22.5. The first-order valence-corrected chi connectivity index (χ1v) is 9.95. The number of benzene rings is 2. The van der Waals surface area contributed by atoms with Crippen molar-refractivity contribution in [2.45, 2.75) is 64.9 Å². The average molecular weight is 414 g/mol. The molecule has 2 aromatic rings. The summed E-state index contributed by atoms with van der Waals surface area (Å²) in [6.45, 7) is 10.6. The molecule has 2 atom stereocenters. The maximum absolute atomic E-state index is 12.5. The van der Waals surface area contributed by atoms with Gasteiger partial charge in [0.05, 0.1) is 11.7 Å². The molecule has 0 saturated heterocycles. The number of carbonyl (C=O) groups excluding carboxylic acids is 1. The highest BCUT2D eigenvalue weighted by molar-refractivity contribution is 5.80. The monoisotopic (exact) mass is 413 g/mol. The zero-order valence-electron chi connectivity index (χ0n) is 18.4. The fraction of sp³-hybridized carbons (Fsp3) is 0.417. The van der Waals surface area contributed by atoms with E-state index < -0.39 is 35.4 Å². The molecule has 0 saturated carbocycles. The molecule has 0 heterocycles. The Labute approximate surface area is 178 Å². The lowest BCUT2D eigenvalue weighted by Gasteiger charge is -2.31. The Morgan fingerprint density at radius 2 is 1.43 bits per heavy atom. The van der Waals surface area contributed by atoms with Crippen LogP contribution < -0.4 is 5.32 Å². The number of carbonyl (C=O) groups is 2. The molecule has 0 aliphatic carbocycles. The van der Waals surface area contributed by atoms with Crippen LogP contribution in [0.3, 0.4) is 0 Å². The van der Waals surface area contributed by atoms with Gasteiger partial charge in [-0.15, -0.1) is 0 Å². The number of alkyl carbamates (subject to hydrolysis) is 1. The van der Waals surface area contributed by atoms with E-state index in [1.807, 2.05) is 75.4 Å². The number of carboxylic acids is 1. The van der Waals surface area contributed by atoms with E-state index in [9.17, 15) is 14.7 Å². The quantitative estimate of drug-likeness (QED) is 0.669. The van der Waals surface area contributed by atoms with Crippen LogP contribution >= 0.6 is 0 Å². The second-order valence-corrected chi connectivity index (χ2v) is 8.74. The standard InChI is InChI=1S/C24H31NO5/c1-16(29-23(2,3)4)20(21(26)27)25-22(28)30-24(5,6)19-14-12-18(13-15-19)17-10-8-7-9-11-17/h7-16,20H,1-6H3,(H,25,28)(H,26,27). The summed E-state index contributed by atoms with van der Waals surface area (Å²) in [5.41, 5.74) is 1.45. The molecule has 0 fully saturated rings. The molecule has 0 spiro atoms. The lowest BCUT2D eigenvalue weighted by molar-refractivity contribution is -0.147. The van der Waals surface area contributed by atoms with Crippen LogP contribution in [0.1, 0.15) is 47.1 Å². The molecule has 1 amide bonds. The van der Waals surface area contributed by atoms with Crippen LogP contribution in [0.4, 0.5) is 4.79 Å². The summed E-state index contributed by atoms with van der Waals surface area (Å²) in [6.07, 6.45) is -1.55. The molecule has 0 radical (unpaired) electrons. The van der Waals surface area contributed by atoms with Crippen molar-refractivity contribution in [1.29, 1.82) is 0 Å². The van der Waals surface area contributed by atoms with Gasteiger partial charge < -0.3 is 19.9 Å². The average Bonchev–Trinajstić information content (AvgIpc) is 2.65. The second-order valence-electron chi connectivity index (χ2n) is 8.74. The normalized spacial score (nSPS) is 13.9. The van der Waals surface area contributed by atoms with E-state index in [0.29, 0.717) is 0 Å². The summed E-state index contributed by atoms with van der Waals surface area (Å²) in [6, 6.07) is 16.5. The molecular weight excluding hydrogens is 382 g/mol. The van der Waals surface area contributed by atoms with Gasteiger partial charge in [0.2, 0.25) is 0 Å². The Morgan fingerprint density at radius 3 is 1.93 bits per heavy atom. The van der Waals surface area contributed by atoms with Crippen LogP contribution in [0.25, 0.3) is 11.1 Å². The van der Waals surface area contributed by atoms with Gasteiger partial charge in [0, 0.05) is 0 Å². The van der Waals surface area contributed by atoms with Crippen LogP contribution in [0.15, 0.2) is 54.6 Å². The van der Waals surface area contributed by atoms with Gasteiger partial charge in [-0.3, -0.25) is 0 Å². The zero-order valence-corrected chi connectivity index (χ0v) is 18.4. The van der Waals surface area contributed by atoms with E-state index in [-0.39, 0.29) is 0 Å². The topological polar surface area (TPSA) is 84.9 Å². The van der Waals surface area contributed by atoms with Gasteiger partial charge >= 0.3 is 12.1 Å². The fourth-order valence-corrected chi connectivity index (χ4v) is 3.15. The van der Waals surface area contributed by atoms with Gasteiger partial charge in [-0.2, -0.15) is 0 Å². The predicted molar refractivity (Wildman–Crippen MR) is 116 cm³/mol. The first-order chi connectivity index (χ1) is 13.9. The van der Waals surface area contributed by atoms with E-state index in [1.165, 1.54) is 0 Å². The number of amides is 1. The molecule has 2 rings (SSSR count). The summed E-state index contributed by atoms with van der Waals surface area (Å²) in [5, 5.41) is 11.9. The lowest BCUT2D eigenvalue weighted by atomic mass is 9.95. The van der Waals surface area contributed by atoms with E-state index in [0.717, 1.165) is 16.7 Å². The van der Waals surface area contributed by atoms with E-state index >= 15 is 0 Å². The Bertz CT molecular complexity index is 853. The maximum atomic E-state index is 12.5. The minimum Gasteiger partial charge on any atom is -0.480 e. The van der Waals surface area contributed by atoms with Crippen molar-refractivity contribution in [2.24, 2.45) is 0 Å². The van der Waals surface area contributed by atoms with E-state index in [2.05, 4.69) is 5.32 Å². The molecule has 0 aromatic heterocycles. The van der Waals surface area contributed by atoms with Crippen molar-refractivity contribution in [2.75, 3.05) is 0 Å². The molecule has 0 bridgehead atoms. The second kappa shape index (κ2) is 9.30. The van der Waals surface area contributed by atoms with Crippen molar-refractivity contribution < 1.29 is 24.2 Å². The summed E-state index contributed by atoms with van der Waals surface area (Å²) >= 11 is 0. The van der Waals surface area contributed by atoms with Crippen molar-refractivity contribution in [1.82, 2.24) is 5.32 Å². The minimum atomic E-state index is -1.23. The van der Waals surface area contributed by atoms with Gasteiger partial charge in [-0.05, 0) is 58.2 Å². The Hall–Kier alpha value is -2.86. The highest BCUT2D eigenvalue weighted by Crippen LogP contribution is 2.28. The number of hydrogen-bond acceptors (Lipinski definition) is 4. The molecule has 0 aliphatic heterocycles. The molecule has 6 nitrogen and oxygen atoms in total. The van der Waals surface area contributed by atoms with Crippen LogP contribution in [-0.2, 0) is 19.9 Å². The smallest absolute Gasteiger partial charge is 0.408 e. The first-order valence-electron chi connectivity index (χ1n) is 9.95. The predicted octanol–water partition coefficient (Wildman–Crippen LogP) is 4.97. The summed E-state index contributed by atoms with van der Waals surface area (Å²) in [7, 11) is 0. The van der Waals surface area contributed by atoms with E-state index in [4.69, 9.17) is 9.47 Å². The summed E-state index contributed by atoms with van der Waals surface area (Å²) in [4.78, 5) is 24.1. The third-order valence-electron chi connectivity index (χ3n) is 4.58. The molecule has 0 aliphatic rings. The number of rotatable bonds is 7. The minimum absolute atomic E-state index is 0.543. The van der Waals surface area contributed by atoms with Gasteiger partial charge in [-0.25, -0.2) is 9.59 Å². The lowest BCUT2D eigenvalue weighted by Crippen LogP contribution is -2.51. The van der Waals surface area contributed by atoms with E-state index in [1.54, 1.807) is 20.8 Å². The van der Waals surface area contributed by atoms with Crippen LogP contribution in [0.2, 0.25) is 0 Å². The Morgan fingerprint density at radius 1 is 0.900 bits per heavy atom. The number of ether oxygens (including phenoxy) is 2. The molecule has 30 heavy (non-hydrogen) atoms. The fourth-order valence-electron chi connectivity index (χ4n) is 3.15. The third-order valence-corrected chi connectivity index (χ3v) is 4.58. The van der Waals surface area contributed by atoms with Crippen molar-refractivity contribution in [3.63, 3.8) is 0 Å². The molecule has 6 heteroatoms. The Kier molecular flexibility index (Phi) is 7.26. The van der Waals surface area contributed by atoms with Crippen molar-refractivity contribution >= 4 is 12.1 Å². The number of nitrogens with one attached hydrogen (secondary N) is 1. The Balaban J connectivity index is 2.07.